The predicted molar refractivity (Wildman–Crippen MR) is 90.7 cm³/mol. The highest BCUT2D eigenvalue weighted by atomic mass is 35.5. The third-order valence-corrected chi connectivity index (χ3v) is 4.06. The van der Waals surface area contributed by atoms with E-state index in [1.807, 2.05) is 31.4 Å². The number of amides is 1. The van der Waals surface area contributed by atoms with E-state index >= 15 is 0 Å². The number of halogens is 1. The minimum atomic E-state index is -0.174. The van der Waals surface area contributed by atoms with Crippen LogP contribution in [0.5, 0.6) is 0 Å². The van der Waals surface area contributed by atoms with Crippen molar-refractivity contribution in [2.45, 2.75) is 13.5 Å². The Morgan fingerprint density at radius 2 is 2.12 bits per heavy atom. The van der Waals surface area contributed by atoms with Crippen molar-refractivity contribution in [1.82, 2.24) is 19.8 Å². The monoisotopic (exact) mass is 344 g/mol. The summed E-state index contributed by atoms with van der Waals surface area (Å²) in [6.07, 6.45) is 3.61. The largest absolute Gasteiger partial charge is 0.360 e. The molecule has 0 aliphatic heterocycles. The first-order chi connectivity index (χ1) is 11.5. The summed E-state index contributed by atoms with van der Waals surface area (Å²) in [5, 5.41) is 8.68. The Morgan fingerprint density at radius 3 is 2.79 bits per heavy atom. The van der Waals surface area contributed by atoms with Crippen molar-refractivity contribution in [3.63, 3.8) is 0 Å². The quantitative estimate of drug-likeness (QED) is 0.728. The minimum absolute atomic E-state index is 0.174. The maximum absolute atomic E-state index is 12.9. The molecule has 6 nitrogen and oxygen atoms in total. The molecule has 24 heavy (non-hydrogen) atoms. The Hall–Kier alpha value is -2.60. The molecule has 3 aromatic rings. The number of hydrogen-bond donors (Lipinski definition) is 0. The highest BCUT2D eigenvalue weighted by molar-refractivity contribution is 6.33. The van der Waals surface area contributed by atoms with Crippen molar-refractivity contribution >= 4 is 17.5 Å². The van der Waals surface area contributed by atoms with E-state index in [9.17, 15) is 4.79 Å². The molecule has 7 heteroatoms. The molecule has 0 fully saturated rings. The number of hydrogen-bond acceptors (Lipinski definition) is 4. The maximum Gasteiger partial charge on any atom is 0.259 e. The van der Waals surface area contributed by atoms with Crippen LogP contribution in [-0.4, -0.2) is 32.8 Å². The van der Waals surface area contributed by atoms with Crippen LogP contribution in [-0.2, 0) is 13.6 Å². The highest BCUT2D eigenvalue weighted by Gasteiger charge is 2.25. The molecule has 0 aliphatic carbocycles. The molecule has 2 aromatic heterocycles. The zero-order valence-corrected chi connectivity index (χ0v) is 14.4. The molecule has 124 valence electrons. The van der Waals surface area contributed by atoms with Crippen LogP contribution in [0.15, 0.2) is 41.2 Å². The van der Waals surface area contributed by atoms with Crippen LogP contribution < -0.4 is 0 Å². The third-order valence-electron chi connectivity index (χ3n) is 3.73. The molecular formula is C17H17ClN4O2. The van der Waals surface area contributed by atoms with Gasteiger partial charge < -0.3 is 9.42 Å². The lowest BCUT2D eigenvalue weighted by molar-refractivity contribution is 0.0784. The fourth-order valence-corrected chi connectivity index (χ4v) is 2.78. The highest BCUT2D eigenvalue weighted by Crippen LogP contribution is 2.31. The summed E-state index contributed by atoms with van der Waals surface area (Å²) in [4.78, 5) is 14.5. The fourth-order valence-electron chi connectivity index (χ4n) is 2.55. The number of benzene rings is 1. The van der Waals surface area contributed by atoms with Crippen LogP contribution in [0, 0.1) is 6.92 Å². The van der Waals surface area contributed by atoms with Gasteiger partial charge in [-0.05, 0) is 13.0 Å². The second-order valence-corrected chi connectivity index (χ2v) is 6.03. The lowest BCUT2D eigenvalue weighted by atomic mass is 10.1. The molecule has 1 amide bonds. The Kier molecular flexibility index (Phi) is 4.40. The minimum Gasteiger partial charge on any atom is -0.360 e. The molecule has 0 bridgehead atoms. The molecule has 0 saturated heterocycles. The summed E-state index contributed by atoms with van der Waals surface area (Å²) in [5.74, 6) is 0.292. The van der Waals surface area contributed by atoms with Gasteiger partial charge in [0.15, 0.2) is 0 Å². The van der Waals surface area contributed by atoms with Gasteiger partial charge in [-0.3, -0.25) is 9.48 Å². The molecule has 2 heterocycles. The lowest BCUT2D eigenvalue weighted by Crippen LogP contribution is -2.26. The fraction of sp³-hybridized carbons (Fsp3) is 0.235. The second-order valence-electron chi connectivity index (χ2n) is 5.63. The zero-order chi connectivity index (χ0) is 17.3. The van der Waals surface area contributed by atoms with Crippen molar-refractivity contribution in [1.29, 1.82) is 0 Å². The van der Waals surface area contributed by atoms with Crippen LogP contribution in [0.3, 0.4) is 0 Å². The summed E-state index contributed by atoms with van der Waals surface area (Å²) in [5.41, 5.74) is 2.51. The Labute approximate surface area is 144 Å². The number of carbonyl (C=O) groups is 1. The van der Waals surface area contributed by atoms with Gasteiger partial charge in [0.1, 0.15) is 17.0 Å². The zero-order valence-electron chi connectivity index (χ0n) is 13.7. The summed E-state index contributed by atoms with van der Waals surface area (Å²) >= 11 is 6.24. The van der Waals surface area contributed by atoms with E-state index in [-0.39, 0.29) is 5.91 Å². The average Bonchev–Trinajstić information content (AvgIpc) is 3.13. The summed E-state index contributed by atoms with van der Waals surface area (Å²) in [6.45, 7) is 2.16. The average molecular weight is 345 g/mol. The van der Waals surface area contributed by atoms with E-state index in [4.69, 9.17) is 16.1 Å². The van der Waals surface area contributed by atoms with Crippen LogP contribution >= 0.6 is 11.6 Å². The number of rotatable bonds is 4. The Bertz CT molecular complexity index is 884. The van der Waals surface area contributed by atoms with E-state index in [1.165, 1.54) is 0 Å². The van der Waals surface area contributed by atoms with Crippen molar-refractivity contribution in [3.05, 3.63) is 58.6 Å². The van der Waals surface area contributed by atoms with Gasteiger partial charge in [0, 0.05) is 38.0 Å². The molecular weight excluding hydrogens is 328 g/mol. The molecule has 1 aromatic carbocycles. The lowest BCUT2D eigenvalue weighted by Gasteiger charge is -2.16. The van der Waals surface area contributed by atoms with Gasteiger partial charge in [-0.1, -0.05) is 35.0 Å². The summed E-state index contributed by atoms with van der Waals surface area (Å²) < 4.78 is 6.96. The van der Waals surface area contributed by atoms with Crippen molar-refractivity contribution in [2.24, 2.45) is 7.05 Å². The normalized spacial score (nSPS) is 10.8. The van der Waals surface area contributed by atoms with Crippen LogP contribution in [0.2, 0.25) is 5.02 Å². The van der Waals surface area contributed by atoms with Crippen molar-refractivity contribution in [3.8, 4) is 11.3 Å². The van der Waals surface area contributed by atoms with Gasteiger partial charge >= 0.3 is 0 Å². The van der Waals surface area contributed by atoms with E-state index < -0.39 is 0 Å². The van der Waals surface area contributed by atoms with Gasteiger partial charge in [-0.15, -0.1) is 0 Å². The molecule has 0 radical (unpaired) electrons. The molecule has 0 saturated carbocycles. The SMILES string of the molecule is Cc1onc(-c2ccccc2Cl)c1C(=O)N(C)Cc1cnn(C)c1. The van der Waals surface area contributed by atoms with Gasteiger partial charge in [-0.25, -0.2) is 0 Å². The molecule has 0 atom stereocenters. The van der Waals surface area contributed by atoms with Gasteiger partial charge in [0.2, 0.25) is 0 Å². The Morgan fingerprint density at radius 1 is 1.38 bits per heavy atom. The first-order valence-electron chi connectivity index (χ1n) is 7.41. The molecule has 3 rings (SSSR count). The molecule has 0 N–H and O–H groups in total. The number of nitrogens with zero attached hydrogens (tertiary/aromatic N) is 4. The van der Waals surface area contributed by atoms with Crippen molar-refractivity contribution < 1.29 is 9.32 Å². The third kappa shape index (κ3) is 3.05. The summed E-state index contributed by atoms with van der Waals surface area (Å²) in [7, 11) is 3.57. The van der Waals surface area contributed by atoms with Crippen LogP contribution in [0.1, 0.15) is 21.7 Å². The molecule has 0 spiro atoms. The topological polar surface area (TPSA) is 64.2 Å². The Balaban J connectivity index is 1.93. The smallest absolute Gasteiger partial charge is 0.259 e. The second kappa shape index (κ2) is 6.49. The number of aryl methyl sites for hydroxylation is 2. The van der Waals surface area contributed by atoms with E-state index in [2.05, 4.69) is 10.3 Å². The molecule has 0 unspecified atom stereocenters. The van der Waals surface area contributed by atoms with Gasteiger partial charge in [0.05, 0.1) is 11.2 Å². The first kappa shape index (κ1) is 16.3. The maximum atomic E-state index is 12.9. The summed E-state index contributed by atoms with van der Waals surface area (Å²) in [6, 6.07) is 7.25. The van der Waals surface area contributed by atoms with E-state index in [0.29, 0.717) is 34.1 Å². The number of carbonyl (C=O) groups excluding carboxylic acids is 1. The predicted octanol–water partition coefficient (Wildman–Crippen LogP) is 3.31. The van der Waals surface area contributed by atoms with Crippen LogP contribution in [0.25, 0.3) is 11.3 Å². The number of aromatic nitrogens is 3. The van der Waals surface area contributed by atoms with Gasteiger partial charge in [0.25, 0.3) is 5.91 Å². The van der Waals surface area contributed by atoms with Crippen molar-refractivity contribution in [2.75, 3.05) is 7.05 Å². The molecule has 0 aliphatic rings. The van der Waals surface area contributed by atoms with E-state index in [0.717, 1.165) is 5.56 Å². The standard InChI is InChI=1S/C17H17ClN4O2/c1-11-15(16(20-24-11)13-6-4-5-7-14(13)18)17(23)21(2)9-12-8-19-22(3)10-12/h4-8,10H,9H2,1-3H3. The van der Waals surface area contributed by atoms with Gasteiger partial charge in [-0.2, -0.15) is 5.10 Å². The van der Waals surface area contributed by atoms with Crippen LogP contribution in [0.4, 0.5) is 0 Å². The van der Waals surface area contributed by atoms with E-state index in [1.54, 1.807) is 35.8 Å². The first-order valence-corrected chi connectivity index (χ1v) is 7.79.